The molecule has 0 radical (unpaired) electrons. The number of rotatable bonds is 3. The van der Waals surface area contributed by atoms with Crippen molar-refractivity contribution in [2.45, 2.75) is 11.8 Å². The standard InChI is InChI=1S/C14H15BrN4O4S/c1-8-3-4-10(24(16,22)23)6-11(8)13(20)17-18-14(21)12-5-9(15)7-19(12)2/h3-7H,1-2H3,(H,17,20)(H,18,21)(H2,16,22,23). The van der Waals surface area contributed by atoms with Crippen molar-refractivity contribution in [2.75, 3.05) is 0 Å². The molecule has 128 valence electrons. The van der Waals surface area contributed by atoms with Gasteiger partial charge in [0, 0.05) is 23.3 Å². The van der Waals surface area contributed by atoms with E-state index in [0.29, 0.717) is 11.3 Å². The van der Waals surface area contributed by atoms with Crippen LogP contribution in [0.5, 0.6) is 0 Å². The molecule has 10 heteroatoms. The van der Waals surface area contributed by atoms with E-state index in [9.17, 15) is 18.0 Å². The van der Waals surface area contributed by atoms with Crippen molar-refractivity contribution in [3.63, 3.8) is 0 Å². The van der Waals surface area contributed by atoms with Gasteiger partial charge in [0.2, 0.25) is 10.0 Å². The minimum absolute atomic E-state index is 0.0925. The third-order valence-electron chi connectivity index (χ3n) is 3.28. The molecule has 2 aromatic rings. The van der Waals surface area contributed by atoms with Crippen LogP contribution >= 0.6 is 15.9 Å². The zero-order valence-electron chi connectivity index (χ0n) is 12.8. The second-order valence-corrected chi connectivity index (χ2v) is 7.56. The summed E-state index contributed by atoms with van der Waals surface area (Å²) in [4.78, 5) is 24.1. The molecular formula is C14H15BrN4O4S. The summed E-state index contributed by atoms with van der Waals surface area (Å²) >= 11 is 3.25. The average molecular weight is 415 g/mol. The Morgan fingerprint density at radius 3 is 2.33 bits per heavy atom. The molecule has 0 saturated carbocycles. The number of hydrogen-bond donors (Lipinski definition) is 3. The number of nitrogens with zero attached hydrogens (tertiary/aromatic N) is 1. The van der Waals surface area contributed by atoms with Crippen LogP contribution < -0.4 is 16.0 Å². The average Bonchev–Trinajstić information content (AvgIpc) is 2.82. The molecule has 24 heavy (non-hydrogen) atoms. The van der Waals surface area contributed by atoms with Gasteiger partial charge in [0.25, 0.3) is 11.8 Å². The molecule has 0 aliphatic heterocycles. The third kappa shape index (κ3) is 4.02. The number of aromatic nitrogens is 1. The van der Waals surface area contributed by atoms with Gasteiger partial charge in [-0.25, -0.2) is 13.6 Å². The topological polar surface area (TPSA) is 123 Å². The quantitative estimate of drug-likeness (QED) is 0.642. The van der Waals surface area contributed by atoms with Crippen LogP contribution in [0.4, 0.5) is 0 Å². The second-order valence-electron chi connectivity index (χ2n) is 5.08. The molecule has 0 fully saturated rings. The van der Waals surface area contributed by atoms with Gasteiger partial charge in [0.15, 0.2) is 0 Å². The van der Waals surface area contributed by atoms with Gasteiger partial charge in [0.1, 0.15) is 5.69 Å². The largest absolute Gasteiger partial charge is 0.345 e. The van der Waals surface area contributed by atoms with Gasteiger partial charge in [-0.3, -0.25) is 20.4 Å². The first-order valence-electron chi connectivity index (χ1n) is 6.65. The number of aryl methyl sites for hydroxylation is 2. The summed E-state index contributed by atoms with van der Waals surface area (Å²) in [5, 5.41) is 5.06. The lowest BCUT2D eigenvalue weighted by atomic mass is 10.1. The summed E-state index contributed by atoms with van der Waals surface area (Å²) in [6, 6.07) is 5.52. The summed E-state index contributed by atoms with van der Waals surface area (Å²) in [6.45, 7) is 1.64. The van der Waals surface area contributed by atoms with E-state index in [1.807, 2.05) is 0 Å². The third-order valence-corrected chi connectivity index (χ3v) is 4.62. The van der Waals surface area contributed by atoms with E-state index in [4.69, 9.17) is 5.14 Å². The minimum Gasteiger partial charge on any atom is -0.345 e. The summed E-state index contributed by atoms with van der Waals surface area (Å²) in [7, 11) is -2.25. The molecule has 1 aromatic heterocycles. The number of nitrogens with two attached hydrogens (primary N) is 1. The van der Waals surface area contributed by atoms with Gasteiger partial charge in [-0.15, -0.1) is 0 Å². The fourth-order valence-corrected chi connectivity index (χ4v) is 3.08. The Morgan fingerprint density at radius 1 is 1.17 bits per heavy atom. The predicted molar refractivity (Wildman–Crippen MR) is 90.6 cm³/mol. The first-order valence-corrected chi connectivity index (χ1v) is 8.99. The van der Waals surface area contributed by atoms with Crippen molar-refractivity contribution in [2.24, 2.45) is 12.2 Å². The Kier molecular flexibility index (Phi) is 5.11. The van der Waals surface area contributed by atoms with Crippen LogP contribution in [0, 0.1) is 6.92 Å². The highest BCUT2D eigenvalue weighted by Crippen LogP contribution is 2.15. The minimum atomic E-state index is -3.93. The molecule has 0 spiro atoms. The Bertz CT molecular complexity index is 921. The number of carbonyl (C=O) groups excluding carboxylic acids is 2. The van der Waals surface area contributed by atoms with Gasteiger partial charge < -0.3 is 4.57 Å². The Morgan fingerprint density at radius 2 is 1.79 bits per heavy atom. The van der Waals surface area contributed by atoms with E-state index in [-0.39, 0.29) is 10.5 Å². The zero-order valence-corrected chi connectivity index (χ0v) is 15.2. The van der Waals surface area contributed by atoms with Crippen molar-refractivity contribution >= 4 is 37.8 Å². The monoisotopic (exact) mass is 414 g/mol. The van der Waals surface area contributed by atoms with Crippen LogP contribution in [0.25, 0.3) is 0 Å². The van der Waals surface area contributed by atoms with Gasteiger partial charge in [-0.2, -0.15) is 0 Å². The van der Waals surface area contributed by atoms with E-state index in [1.165, 1.54) is 12.1 Å². The maximum absolute atomic E-state index is 12.2. The molecule has 2 rings (SSSR count). The lowest BCUT2D eigenvalue weighted by molar-refractivity contribution is 0.0841. The first-order chi connectivity index (χ1) is 11.1. The molecule has 0 aliphatic carbocycles. The van der Waals surface area contributed by atoms with Gasteiger partial charge in [0.05, 0.1) is 4.90 Å². The molecule has 1 heterocycles. The molecule has 8 nitrogen and oxygen atoms in total. The van der Waals surface area contributed by atoms with Crippen LogP contribution in [-0.4, -0.2) is 24.8 Å². The molecule has 0 unspecified atom stereocenters. The Labute approximate surface area is 147 Å². The fourth-order valence-electron chi connectivity index (χ4n) is 2.02. The van der Waals surface area contributed by atoms with E-state index in [1.54, 1.807) is 30.8 Å². The number of carbonyl (C=O) groups is 2. The molecule has 0 bridgehead atoms. The Hall–Kier alpha value is -2.17. The van der Waals surface area contributed by atoms with Gasteiger partial charge in [-0.1, -0.05) is 6.07 Å². The maximum atomic E-state index is 12.2. The van der Waals surface area contributed by atoms with Crippen molar-refractivity contribution in [1.29, 1.82) is 0 Å². The SMILES string of the molecule is Cc1ccc(S(N)(=O)=O)cc1C(=O)NNC(=O)c1cc(Br)cn1C. The van der Waals surface area contributed by atoms with Crippen molar-refractivity contribution in [3.05, 3.63) is 51.8 Å². The molecule has 2 amide bonds. The van der Waals surface area contributed by atoms with Gasteiger partial charge in [-0.05, 0) is 46.6 Å². The molecule has 1 aromatic carbocycles. The highest BCUT2D eigenvalue weighted by atomic mass is 79.9. The first kappa shape index (κ1) is 18.2. The number of nitrogens with one attached hydrogen (secondary N) is 2. The summed E-state index contributed by atoms with van der Waals surface area (Å²) in [6.07, 6.45) is 1.69. The lowest BCUT2D eigenvalue weighted by Gasteiger charge is -2.10. The van der Waals surface area contributed by atoms with E-state index in [0.717, 1.165) is 10.5 Å². The van der Waals surface area contributed by atoms with Crippen LogP contribution in [0.15, 0.2) is 39.8 Å². The number of hydrogen-bond acceptors (Lipinski definition) is 4. The fraction of sp³-hybridized carbons (Fsp3) is 0.143. The maximum Gasteiger partial charge on any atom is 0.286 e. The second kappa shape index (κ2) is 6.75. The number of benzene rings is 1. The van der Waals surface area contributed by atoms with Gasteiger partial charge >= 0.3 is 0 Å². The lowest BCUT2D eigenvalue weighted by Crippen LogP contribution is -2.42. The zero-order chi connectivity index (χ0) is 18.1. The summed E-state index contributed by atoms with van der Waals surface area (Å²) < 4.78 is 25.1. The van der Waals surface area contributed by atoms with Crippen LogP contribution in [0.1, 0.15) is 26.4 Å². The number of primary sulfonamides is 1. The number of sulfonamides is 1. The van der Waals surface area contributed by atoms with E-state index < -0.39 is 21.8 Å². The van der Waals surface area contributed by atoms with Crippen molar-refractivity contribution < 1.29 is 18.0 Å². The normalized spacial score (nSPS) is 11.2. The van der Waals surface area contributed by atoms with Crippen LogP contribution in [0.3, 0.4) is 0 Å². The van der Waals surface area contributed by atoms with Crippen LogP contribution in [-0.2, 0) is 17.1 Å². The summed E-state index contributed by atoms with van der Waals surface area (Å²) in [5.74, 6) is -1.17. The number of hydrazine groups is 1. The summed E-state index contributed by atoms with van der Waals surface area (Å²) in [5.41, 5.74) is 5.49. The molecule has 0 atom stereocenters. The molecular weight excluding hydrogens is 400 g/mol. The van der Waals surface area contributed by atoms with E-state index >= 15 is 0 Å². The number of amides is 2. The van der Waals surface area contributed by atoms with E-state index in [2.05, 4.69) is 26.8 Å². The predicted octanol–water partition coefficient (Wildman–Crippen LogP) is 0.818. The molecule has 0 aliphatic rings. The highest BCUT2D eigenvalue weighted by molar-refractivity contribution is 9.10. The smallest absolute Gasteiger partial charge is 0.286 e. The molecule has 0 saturated heterocycles. The van der Waals surface area contributed by atoms with Crippen molar-refractivity contribution in [3.8, 4) is 0 Å². The molecule has 4 N–H and O–H groups in total. The van der Waals surface area contributed by atoms with Crippen molar-refractivity contribution in [1.82, 2.24) is 15.4 Å². The van der Waals surface area contributed by atoms with Crippen LogP contribution in [0.2, 0.25) is 0 Å². The number of halogens is 1. The Balaban J connectivity index is 2.16. The highest BCUT2D eigenvalue weighted by Gasteiger charge is 2.16.